The van der Waals surface area contributed by atoms with Crippen LogP contribution in [0, 0.1) is 0 Å². The van der Waals surface area contributed by atoms with E-state index in [4.69, 9.17) is 0 Å². The average Bonchev–Trinajstić information content (AvgIpc) is 3.43. The number of rotatable bonds is 2. The SMILES string of the molecule is C1=CC(C2C(p3c4ccccc4c4ccccc43)=Cc3ccccc32)=CC1. The van der Waals surface area contributed by atoms with Crippen LogP contribution in [0.1, 0.15) is 23.5 Å². The van der Waals surface area contributed by atoms with Crippen molar-refractivity contribution in [1.29, 1.82) is 0 Å². The predicted molar refractivity (Wildman–Crippen MR) is 119 cm³/mol. The van der Waals surface area contributed by atoms with E-state index in [1.165, 1.54) is 37.7 Å². The summed E-state index contributed by atoms with van der Waals surface area (Å²) in [5, 5.41) is 7.46. The minimum absolute atomic E-state index is 0.394. The van der Waals surface area contributed by atoms with E-state index >= 15 is 0 Å². The van der Waals surface area contributed by atoms with Crippen molar-refractivity contribution in [2.45, 2.75) is 12.3 Å². The number of allylic oxidation sites excluding steroid dienone is 5. The van der Waals surface area contributed by atoms with E-state index in [-0.39, 0.29) is 0 Å². The van der Waals surface area contributed by atoms with Crippen LogP contribution in [-0.2, 0) is 0 Å². The fraction of sp³-hybridized carbons (Fsp3) is 0.0769. The fourth-order valence-corrected chi connectivity index (χ4v) is 7.71. The summed E-state index contributed by atoms with van der Waals surface area (Å²) in [4.78, 5) is 0. The summed E-state index contributed by atoms with van der Waals surface area (Å²) in [5.74, 6) is 0.394. The molecule has 0 spiro atoms. The third-order valence-electron chi connectivity index (χ3n) is 5.88. The molecule has 0 bridgehead atoms. The fourth-order valence-electron chi connectivity index (χ4n) is 4.74. The van der Waals surface area contributed by atoms with Gasteiger partial charge in [-0.25, -0.2) is 0 Å². The van der Waals surface area contributed by atoms with E-state index in [1.54, 1.807) is 5.31 Å². The second kappa shape index (κ2) is 5.84. The summed E-state index contributed by atoms with van der Waals surface area (Å²) in [6.07, 6.45) is 10.6. The van der Waals surface area contributed by atoms with Gasteiger partial charge in [0.15, 0.2) is 0 Å². The van der Waals surface area contributed by atoms with Crippen LogP contribution in [0.3, 0.4) is 0 Å². The largest absolute Gasteiger partial charge is 0.0804 e. The molecule has 4 aromatic rings. The van der Waals surface area contributed by atoms with Crippen LogP contribution >= 0.6 is 7.53 Å². The Morgan fingerprint density at radius 1 is 0.741 bits per heavy atom. The summed E-state index contributed by atoms with van der Waals surface area (Å²) in [6.45, 7) is 0. The minimum atomic E-state index is -0.493. The summed E-state index contributed by atoms with van der Waals surface area (Å²) >= 11 is 0. The Morgan fingerprint density at radius 2 is 1.41 bits per heavy atom. The Bertz CT molecular complexity index is 1240. The third-order valence-corrected chi connectivity index (χ3v) is 8.52. The van der Waals surface area contributed by atoms with Crippen LogP contribution in [0.15, 0.2) is 96.6 Å². The maximum atomic E-state index is 2.48. The van der Waals surface area contributed by atoms with Crippen molar-refractivity contribution in [1.82, 2.24) is 0 Å². The van der Waals surface area contributed by atoms with Gasteiger partial charge in [-0.15, -0.1) is 0 Å². The second-order valence-electron chi connectivity index (χ2n) is 7.34. The monoisotopic (exact) mass is 362 g/mol. The van der Waals surface area contributed by atoms with Gasteiger partial charge in [-0.05, 0) is 45.3 Å². The maximum absolute atomic E-state index is 2.48. The smallest absolute Gasteiger partial charge is 0.0383 e. The molecule has 0 N–H and O–H groups in total. The van der Waals surface area contributed by atoms with E-state index in [0.29, 0.717) is 5.92 Å². The Morgan fingerprint density at radius 3 is 2.11 bits per heavy atom. The molecule has 1 heteroatoms. The van der Waals surface area contributed by atoms with Crippen LogP contribution in [0.4, 0.5) is 0 Å². The number of benzene rings is 3. The Hall–Kier alpha value is -2.82. The molecule has 0 nitrogen and oxygen atoms in total. The third kappa shape index (κ3) is 2.17. The molecule has 0 aliphatic heterocycles. The second-order valence-corrected chi connectivity index (χ2v) is 9.49. The van der Waals surface area contributed by atoms with Crippen LogP contribution < -0.4 is 0 Å². The highest BCUT2D eigenvalue weighted by atomic mass is 31.1. The molecule has 2 aliphatic carbocycles. The summed E-state index contributed by atoms with van der Waals surface area (Å²) in [7, 11) is -0.493. The van der Waals surface area contributed by atoms with Gasteiger partial charge in [0.05, 0.1) is 0 Å². The lowest BCUT2D eigenvalue weighted by Gasteiger charge is -2.18. The highest BCUT2D eigenvalue weighted by Crippen LogP contribution is 2.63. The molecule has 27 heavy (non-hydrogen) atoms. The first-order valence-electron chi connectivity index (χ1n) is 9.57. The van der Waals surface area contributed by atoms with E-state index in [2.05, 4.69) is 97.1 Å². The molecule has 1 heterocycles. The summed E-state index contributed by atoms with van der Waals surface area (Å²) in [5.41, 5.74) is 4.33. The molecular formula is C26H19P. The number of hydrogen-bond acceptors (Lipinski definition) is 0. The molecule has 0 saturated carbocycles. The molecule has 1 unspecified atom stereocenters. The minimum Gasteiger partial charge on any atom is -0.0804 e. The quantitative estimate of drug-likeness (QED) is 0.339. The van der Waals surface area contributed by atoms with Gasteiger partial charge in [0.2, 0.25) is 0 Å². The highest BCUT2D eigenvalue weighted by Gasteiger charge is 2.31. The van der Waals surface area contributed by atoms with E-state index < -0.39 is 7.53 Å². The maximum Gasteiger partial charge on any atom is 0.0383 e. The van der Waals surface area contributed by atoms with Gasteiger partial charge >= 0.3 is 0 Å². The van der Waals surface area contributed by atoms with Crippen molar-refractivity contribution >= 4 is 39.9 Å². The first kappa shape index (κ1) is 15.3. The van der Waals surface area contributed by atoms with Gasteiger partial charge in [-0.2, -0.15) is 0 Å². The molecule has 6 rings (SSSR count). The zero-order valence-corrected chi connectivity index (χ0v) is 15.9. The Labute approximate surface area is 160 Å². The van der Waals surface area contributed by atoms with Gasteiger partial charge in [-0.3, -0.25) is 0 Å². The predicted octanol–water partition coefficient (Wildman–Crippen LogP) is 7.96. The zero-order chi connectivity index (χ0) is 17.8. The van der Waals surface area contributed by atoms with Gasteiger partial charge in [-0.1, -0.05) is 98.6 Å². The van der Waals surface area contributed by atoms with Crippen LogP contribution in [-0.4, -0.2) is 0 Å². The normalized spacial score (nSPS) is 18.1. The lowest BCUT2D eigenvalue weighted by molar-refractivity contribution is 1.09. The topological polar surface area (TPSA) is 0 Å². The molecular weight excluding hydrogens is 343 g/mol. The lowest BCUT2D eigenvalue weighted by Crippen LogP contribution is -1.97. The van der Waals surface area contributed by atoms with Crippen LogP contribution in [0.2, 0.25) is 0 Å². The zero-order valence-electron chi connectivity index (χ0n) is 15.0. The molecule has 0 fully saturated rings. The molecule has 0 saturated heterocycles. The van der Waals surface area contributed by atoms with Crippen LogP contribution in [0.5, 0.6) is 0 Å². The molecule has 1 atom stereocenters. The summed E-state index contributed by atoms with van der Waals surface area (Å²) in [6, 6.07) is 27.0. The molecule has 0 radical (unpaired) electrons. The van der Waals surface area contributed by atoms with Gasteiger partial charge in [0.1, 0.15) is 0 Å². The number of hydrogen-bond donors (Lipinski definition) is 0. The molecule has 2 aliphatic rings. The number of fused-ring (bicyclic) bond motifs is 4. The van der Waals surface area contributed by atoms with Crippen molar-refractivity contribution in [3.05, 3.63) is 108 Å². The van der Waals surface area contributed by atoms with E-state index in [9.17, 15) is 0 Å². The molecule has 1 aromatic heterocycles. The van der Waals surface area contributed by atoms with Gasteiger partial charge in [0.25, 0.3) is 0 Å². The Balaban J connectivity index is 1.70. The van der Waals surface area contributed by atoms with E-state index in [1.807, 2.05) is 0 Å². The van der Waals surface area contributed by atoms with Crippen molar-refractivity contribution in [2.24, 2.45) is 0 Å². The molecule has 0 amide bonds. The van der Waals surface area contributed by atoms with Crippen molar-refractivity contribution in [3.8, 4) is 0 Å². The van der Waals surface area contributed by atoms with Crippen LogP contribution in [0.25, 0.3) is 32.4 Å². The standard InChI is InChI=1S/C26H19P/c1-2-10-18(9-1)26-20-12-4-3-11-19(20)17-25(26)27-23-15-7-5-13-21(23)22-14-6-8-16-24(22)27/h1,3-17,26H,2H2. The van der Waals surface area contributed by atoms with Crippen molar-refractivity contribution < 1.29 is 0 Å². The lowest BCUT2D eigenvalue weighted by atomic mass is 9.93. The average molecular weight is 362 g/mol. The summed E-state index contributed by atoms with van der Waals surface area (Å²) < 4.78 is 0. The van der Waals surface area contributed by atoms with Crippen molar-refractivity contribution in [2.75, 3.05) is 0 Å². The van der Waals surface area contributed by atoms with E-state index in [0.717, 1.165) is 6.42 Å². The van der Waals surface area contributed by atoms with Gasteiger partial charge in [0, 0.05) is 16.2 Å². The first-order valence-corrected chi connectivity index (χ1v) is 10.9. The molecule has 3 aromatic carbocycles. The first-order chi connectivity index (χ1) is 13.4. The molecule has 128 valence electrons. The van der Waals surface area contributed by atoms with Gasteiger partial charge < -0.3 is 0 Å². The van der Waals surface area contributed by atoms with Crippen molar-refractivity contribution in [3.63, 3.8) is 0 Å². The highest BCUT2D eigenvalue weighted by molar-refractivity contribution is 7.71. The Kier molecular flexibility index (Phi) is 3.30.